The average Bonchev–Trinajstić information content (AvgIpc) is 2.49. The van der Waals surface area contributed by atoms with E-state index in [2.05, 4.69) is 56.1 Å². The maximum atomic E-state index is 4.53. The summed E-state index contributed by atoms with van der Waals surface area (Å²) in [5.74, 6) is 0.576. The number of hydrogen-bond donors (Lipinski definition) is 0. The van der Waals surface area contributed by atoms with E-state index in [4.69, 9.17) is 0 Å². The molecule has 1 unspecified atom stereocenters. The topological polar surface area (TPSA) is 12.9 Å². The van der Waals surface area contributed by atoms with Crippen molar-refractivity contribution in [3.63, 3.8) is 0 Å². The van der Waals surface area contributed by atoms with Gasteiger partial charge in [-0.1, -0.05) is 58.0 Å². The lowest BCUT2D eigenvalue weighted by Gasteiger charge is -2.15. The van der Waals surface area contributed by atoms with Gasteiger partial charge in [0.1, 0.15) is 0 Å². The van der Waals surface area contributed by atoms with Gasteiger partial charge >= 0.3 is 0 Å². The lowest BCUT2D eigenvalue weighted by atomic mass is 9.91. The van der Waals surface area contributed by atoms with Crippen molar-refractivity contribution >= 4 is 0 Å². The molecule has 0 saturated carbocycles. The molecule has 0 N–H and O–H groups in total. The number of benzene rings is 1. The van der Waals surface area contributed by atoms with Gasteiger partial charge in [0.15, 0.2) is 0 Å². The summed E-state index contributed by atoms with van der Waals surface area (Å²) in [7, 11) is 0. The summed E-state index contributed by atoms with van der Waals surface area (Å²) in [6.07, 6.45) is 3.03. The lowest BCUT2D eigenvalue weighted by Crippen LogP contribution is -1.97. The number of aromatic nitrogens is 1. The van der Waals surface area contributed by atoms with Crippen LogP contribution < -0.4 is 0 Å². The van der Waals surface area contributed by atoms with Crippen molar-refractivity contribution in [1.82, 2.24) is 4.98 Å². The van der Waals surface area contributed by atoms with E-state index in [1.54, 1.807) is 0 Å². The molecule has 102 valence electrons. The van der Waals surface area contributed by atoms with Crippen LogP contribution in [-0.4, -0.2) is 4.98 Å². The zero-order chi connectivity index (χ0) is 14.3. The molecule has 19 heavy (non-hydrogen) atoms. The van der Waals surface area contributed by atoms with Crippen molar-refractivity contribution in [1.29, 1.82) is 0 Å². The molecule has 0 aliphatic rings. The standard InChI is InChI=1S/C16H19N.C2H6/c1-4-12(2)14-9-5-6-10-15(14)16-13(3)8-7-11-17-16;1-2/h5-12H,4H2,1-3H3;1-2H3. The third-order valence-electron chi connectivity index (χ3n) is 3.37. The van der Waals surface area contributed by atoms with Crippen LogP contribution in [-0.2, 0) is 0 Å². The summed E-state index contributed by atoms with van der Waals surface area (Å²) in [6.45, 7) is 10.6. The molecular formula is C18H25N. The second-order valence-electron chi connectivity index (χ2n) is 4.57. The molecule has 0 saturated heterocycles. The maximum absolute atomic E-state index is 4.53. The summed E-state index contributed by atoms with van der Waals surface area (Å²) in [6, 6.07) is 12.7. The largest absolute Gasteiger partial charge is 0.256 e. The smallest absolute Gasteiger partial charge is 0.0733 e. The Labute approximate surface area is 117 Å². The van der Waals surface area contributed by atoms with Crippen LogP contribution >= 0.6 is 0 Å². The minimum Gasteiger partial charge on any atom is -0.256 e. The molecule has 0 spiro atoms. The number of aryl methyl sites for hydroxylation is 1. The van der Waals surface area contributed by atoms with Gasteiger partial charge in [0.05, 0.1) is 5.69 Å². The highest BCUT2D eigenvalue weighted by molar-refractivity contribution is 5.67. The Morgan fingerprint density at radius 3 is 2.37 bits per heavy atom. The quantitative estimate of drug-likeness (QED) is 0.696. The predicted molar refractivity (Wildman–Crippen MR) is 84.5 cm³/mol. The van der Waals surface area contributed by atoms with Crippen molar-refractivity contribution in [3.8, 4) is 11.3 Å². The number of rotatable bonds is 3. The molecule has 2 aromatic rings. The Bertz CT molecular complexity index is 503. The molecule has 0 bridgehead atoms. The third-order valence-corrected chi connectivity index (χ3v) is 3.37. The highest BCUT2D eigenvalue weighted by Gasteiger charge is 2.11. The van der Waals surface area contributed by atoms with Gasteiger partial charge in [-0.3, -0.25) is 4.98 Å². The van der Waals surface area contributed by atoms with Gasteiger partial charge in [-0.2, -0.15) is 0 Å². The van der Waals surface area contributed by atoms with E-state index < -0.39 is 0 Å². The van der Waals surface area contributed by atoms with Crippen molar-refractivity contribution in [3.05, 3.63) is 53.7 Å². The zero-order valence-corrected chi connectivity index (χ0v) is 12.8. The van der Waals surface area contributed by atoms with Crippen molar-refractivity contribution < 1.29 is 0 Å². The van der Waals surface area contributed by atoms with Crippen LogP contribution in [0.25, 0.3) is 11.3 Å². The van der Waals surface area contributed by atoms with E-state index in [0.29, 0.717) is 5.92 Å². The molecule has 1 aromatic heterocycles. The van der Waals surface area contributed by atoms with E-state index in [1.165, 1.54) is 16.7 Å². The molecule has 0 radical (unpaired) electrons. The predicted octanol–water partition coefficient (Wildman–Crippen LogP) is 5.60. The summed E-state index contributed by atoms with van der Waals surface area (Å²) in [5.41, 5.74) is 5.03. The Morgan fingerprint density at radius 1 is 1.05 bits per heavy atom. The first-order valence-corrected chi connectivity index (χ1v) is 7.25. The fraction of sp³-hybridized carbons (Fsp3) is 0.389. The average molecular weight is 255 g/mol. The maximum Gasteiger partial charge on any atom is 0.0733 e. The van der Waals surface area contributed by atoms with Gasteiger partial charge in [-0.25, -0.2) is 0 Å². The summed E-state index contributed by atoms with van der Waals surface area (Å²) in [4.78, 5) is 4.53. The molecule has 0 aliphatic carbocycles. The van der Waals surface area contributed by atoms with Crippen LogP contribution in [0.1, 0.15) is 51.2 Å². The van der Waals surface area contributed by atoms with E-state index in [-0.39, 0.29) is 0 Å². The molecule has 0 amide bonds. The van der Waals surface area contributed by atoms with Crippen LogP contribution in [0, 0.1) is 6.92 Å². The molecule has 1 atom stereocenters. The van der Waals surface area contributed by atoms with Gasteiger partial charge in [0.2, 0.25) is 0 Å². The van der Waals surface area contributed by atoms with E-state index in [1.807, 2.05) is 26.1 Å². The Kier molecular flexibility index (Phi) is 6.27. The van der Waals surface area contributed by atoms with Crippen LogP contribution in [0.2, 0.25) is 0 Å². The van der Waals surface area contributed by atoms with Crippen molar-refractivity contribution in [2.24, 2.45) is 0 Å². The van der Waals surface area contributed by atoms with Crippen LogP contribution in [0.3, 0.4) is 0 Å². The third kappa shape index (κ3) is 3.66. The number of hydrogen-bond acceptors (Lipinski definition) is 1. The van der Waals surface area contributed by atoms with E-state index in [9.17, 15) is 0 Å². The molecule has 0 fully saturated rings. The zero-order valence-electron chi connectivity index (χ0n) is 12.8. The molecule has 0 aliphatic heterocycles. The Morgan fingerprint density at radius 2 is 1.74 bits per heavy atom. The van der Waals surface area contributed by atoms with Gasteiger partial charge in [-0.05, 0) is 36.5 Å². The minimum atomic E-state index is 0.576. The van der Waals surface area contributed by atoms with Gasteiger partial charge in [0.25, 0.3) is 0 Å². The minimum absolute atomic E-state index is 0.576. The molecule has 1 heterocycles. The normalized spacial score (nSPS) is 11.4. The SMILES string of the molecule is CC.CCC(C)c1ccccc1-c1ncccc1C. The fourth-order valence-electron chi connectivity index (χ4n) is 2.13. The second kappa shape index (κ2) is 7.73. The van der Waals surface area contributed by atoms with Crippen LogP contribution in [0.4, 0.5) is 0 Å². The fourth-order valence-corrected chi connectivity index (χ4v) is 2.13. The van der Waals surface area contributed by atoms with Crippen molar-refractivity contribution in [2.75, 3.05) is 0 Å². The second-order valence-corrected chi connectivity index (χ2v) is 4.57. The first-order chi connectivity index (χ1) is 9.24. The molecular weight excluding hydrogens is 230 g/mol. The molecule has 1 nitrogen and oxygen atoms in total. The monoisotopic (exact) mass is 255 g/mol. The summed E-state index contributed by atoms with van der Waals surface area (Å²) < 4.78 is 0. The van der Waals surface area contributed by atoms with Crippen molar-refractivity contribution in [2.45, 2.75) is 47.0 Å². The Balaban J connectivity index is 0.000000861. The lowest BCUT2D eigenvalue weighted by molar-refractivity contribution is 0.735. The summed E-state index contributed by atoms with van der Waals surface area (Å²) >= 11 is 0. The molecule has 1 aromatic carbocycles. The van der Waals surface area contributed by atoms with Gasteiger partial charge < -0.3 is 0 Å². The van der Waals surface area contributed by atoms with E-state index >= 15 is 0 Å². The van der Waals surface area contributed by atoms with E-state index in [0.717, 1.165) is 12.1 Å². The highest BCUT2D eigenvalue weighted by Crippen LogP contribution is 2.30. The number of pyridine rings is 1. The van der Waals surface area contributed by atoms with Gasteiger partial charge in [-0.15, -0.1) is 0 Å². The van der Waals surface area contributed by atoms with Gasteiger partial charge in [0, 0.05) is 11.8 Å². The first kappa shape index (κ1) is 15.4. The number of nitrogens with zero attached hydrogens (tertiary/aromatic N) is 1. The highest BCUT2D eigenvalue weighted by atomic mass is 14.7. The molecule has 2 rings (SSSR count). The van der Waals surface area contributed by atoms with Crippen LogP contribution in [0.5, 0.6) is 0 Å². The Hall–Kier alpha value is -1.63. The van der Waals surface area contributed by atoms with Crippen LogP contribution in [0.15, 0.2) is 42.6 Å². The molecule has 1 heteroatoms. The first-order valence-electron chi connectivity index (χ1n) is 7.25. The summed E-state index contributed by atoms with van der Waals surface area (Å²) in [5, 5.41) is 0.